The minimum Gasteiger partial charge on any atom is -0.328 e. The van der Waals surface area contributed by atoms with E-state index in [1.54, 1.807) is 0 Å². The Morgan fingerprint density at radius 3 is 2.75 bits per heavy atom. The predicted octanol–water partition coefficient (Wildman–Crippen LogP) is 2.35. The van der Waals surface area contributed by atoms with Crippen LogP contribution in [0.5, 0.6) is 0 Å². The Bertz CT molecular complexity index is 348. The van der Waals surface area contributed by atoms with Gasteiger partial charge in [0.25, 0.3) is 0 Å². The standard InChI is InChI=1S/C13H19ClN2/c1-9(16-12-7-11(15)8-12)6-10-4-2-3-5-13(10)14/h2-5,9,11-12,16H,6-8,15H2,1H3. The van der Waals surface area contributed by atoms with Crippen molar-refractivity contribution in [3.8, 4) is 0 Å². The number of nitrogens with two attached hydrogens (primary N) is 1. The topological polar surface area (TPSA) is 38.0 Å². The van der Waals surface area contributed by atoms with E-state index >= 15 is 0 Å². The normalized spacial score (nSPS) is 26.2. The third-order valence-electron chi connectivity index (χ3n) is 3.18. The van der Waals surface area contributed by atoms with E-state index in [-0.39, 0.29) is 0 Å². The lowest BCUT2D eigenvalue weighted by atomic mass is 9.87. The summed E-state index contributed by atoms with van der Waals surface area (Å²) < 4.78 is 0. The molecule has 0 saturated heterocycles. The second-order valence-corrected chi connectivity index (χ2v) is 5.20. The molecule has 1 atom stereocenters. The van der Waals surface area contributed by atoms with Crippen molar-refractivity contribution in [3.63, 3.8) is 0 Å². The molecule has 3 N–H and O–H groups in total. The molecule has 0 aromatic heterocycles. The fourth-order valence-corrected chi connectivity index (χ4v) is 2.47. The van der Waals surface area contributed by atoms with E-state index in [9.17, 15) is 0 Å². The molecule has 0 heterocycles. The van der Waals surface area contributed by atoms with E-state index in [4.69, 9.17) is 17.3 Å². The summed E-state index contributed by atoms with van der Waals surface area (Å²) in [5.41, 5.74) is 6.98. The quantitative estimate of drug-likeness (QED) is 0.845. The summed E-state index contributed by atoms with van der Waals surface area (Å²) in [4.78, 5) is 0. The summed E-state index contributed by atoms with van der Waals surface area (Å²) in [5.74, 6) is 0. The van der Waals surface area contributed by atoms with Gasteiger partial charge in [-0.2, -0.15) is 0 Å². The number of rotatable bonds is 4. The first-order valence-corrected chi connectivity index (χ1v) is 6.28. The van der Waals surface area contributed by atoms with Gasteiger partial charge in [0.2, 0.25) is 0 Å². The highest BCUT2D eigenvalue weighted by molar-refractivity contribution is 6.31. The Hall–Kier alpha value is -0.570. The van der Waals surface area contributed by atoms with Crippen molar-refractivity contribution < 1.29 is 0 Å². The minimum atomic E-state index is 0.407. The van der Waals surface area contributed by atoms with Gasteiger partial charge in [0, 0.05) is 23.1 Å². The number of nitrogens with one attached hydrogen (secondary N) is 1. The maximum Gasteiger partial charge on any atom is 0.0438 e. The average Bonchev–Trinajstić information content (AvgIpc) is 2.19. The molecular formula is C13H19ClN2. The second kappa shape index (κ2) is 5.17. The number of halogens is 1. The highest BCUT2D eigenvalue weighted by Crippen LogP contribution is 2.20. The van der Waals surface area contributed by atoms with Crippen LogP contribution in [0, 0.1) is 0 Å². The van der Waals surface area contributed by atoms with Crippen molar-refractivity contribution in [2.75, 3.05) is 0 Å². The lowest BCUT2D eigenvalue weighted by Gasteiger charge is -2.35. The van der Waals surface area contributed by atoms with Crippen LogP contribution in [0.2, 0.25) is 5.02 Å². The van der Waals surface area contributed by atoms with Crippen LogP contribution in [0.25, 0.3) is 0 Å². The first kappa shape index (κ1) is 11.9. The van der Waals surface area contributed by atoms with Gasteiger partial charge in [0.05, 0.1) is 0 Å². The Kier molecular flexibility index (Phi) is 3.85. The van der Waals surface area contributed by atoms with Crippen molar-refractivity contribution in [3.05, 3.63) is 34.9 Å². The SMILES string of the molecule is CC(Cc1ccccc1Cl)NC1CC(N)C1. The maximum absolute atomic E-state index is 6.13. The van der Waals surface area contributed by atoms with Crippen molar-refractivity contribution in [1.82, 2.24) is 5.32 Å². The van der Waals surface area contributed by atoms with E-state index in [1.807, 2.05) is 18.2 Å². The van der Waals surface area contributed by atoms with Crippen LogP contribution in [-0.2, 0) is 6.42 Å². The van der Waals surface area contributed by atoms with Crippen molar-refractivity contribution in [2.24, 2.45) is 5.73 Å². The second-order valence-electron chi connectivity index (χ2n) is 4.79. The molecule has 1 fully saturated rings. The summed E-state index contributed by atoms with van der Waals surface area (Å²) in [6.45, 7) is 2.20. The lowest BCUT2D eigenvalue weighted by Crippen LogP contribution is -2.51. The fraction of sp³-hybridized carbons (Fsp3) is 0.538. The summed E-state index contributed by atoms with van der Waals surface area (Å²) in [6, 6.07) is 9.51. The molecule has 88 valence electrons. The van der Waals surface area contributed by atoms with Gasteiger partial charge in [-0.3, -0.25) is 0 Å². The van der Waals surface area contributed by atoms with Crippen LogP contribution in [0.3, 0.4) is 0 Å². The molecule has 0 radical (unpaired) electrons. The molecule has 0 bridgehead atoms. The minimum absolute atomic E-state index is 0.407. The van der Waals surface area contributed by atoms with Crippen molar-refractivity contribution in [2.45, 2.75) is 44.3 Å². The highest BCUT2D eigenvalue weighted by atomic mass is 35.5. The van der Waals surface area contributed by atoms with Gasteiger partial charge >= 0.3 is 0 Å². The third-order valence-corrected chi connectivity index (χ3v) is 3.55. The predicted molar refractivity (Wildman–Crippen MR) is 68.8 cm³/mol. The molecule has 2 rings (SSSR count). The maximum atomic E-state index is 6.13. The molecule has 3 heteroatoms. The Morgan fingerprint density at radius 2 is 2.12 bits per heavy atom. The van der Waals surface area contributed by atoms with Crippen LogP contribution in [0.1, 0.15) is 25.3 Å². The Balaban J connectivity index is 1.83. The Morgan fingerprint density at radius 1 is 1.44 bits per heavy atom. The first-order valence-electron chi connectivity index (χ1n) is 5.90. The third kappa shape index (κ3) is 2.97. The van der Waals surface area contributed by atoms with Gasteiger partial charge in [0.15, 0.2) is 0 Å². The summed E-state index contributed by atoms with van der Waals surface area (Å²) in [7, 11) is 0. The van der Waals surface area contributed by atoms with Crippen LogP contribution in [0.4, 0.5) is 0 Å². The van der Waals surface area contributed by atoms with Gasteiger partial charge in [-0.1, -0.05) is 29.8 Å². The molecule has 0 spiro atoms. The lowest BCUT2D eigenvalue weighted by molar-refractivity contribution is 0.270. The van der Waals surface area contributed by atoms with Crippen LogP contribution < -0.4 is 11.1 Å². The zero-order valence-corrected chi connectivity index (χ0v) is 10.4. The van der Waals surface area contributed by atoms with Gasteiger partial charge in [-0.25, -0.2) is 0 Å². The Labute approximate surface area is 102 Å². The molecule has 2 nitrogen and oxygen atoms in total. The van der Waals surface area contributed by atoms with Gasteiger partial charge in [-0.15, -0.1) is 0 Å². The molecule has 1 aliphatic rings. The number of hydrogen-bond donors (Lipinski definition) is 2. The van der Waals surface area contributed by atoms with Gasteiger partial charge < -0.3 is 11.1 Å². The van der Waals surface area contributed by atoms with E-state index in [1.165, 1.54) is 5.56 Å². The molecule has 1 saturated carbocycles. The van der Waals surface area contributed by atoms with Crippen LogP contribution >= 0.6 is 11.6 Å². The summed E-state index contributed by atoms with van der Waals surface area (Å²) >= 11 is 6.13. The number of benzene rings is 1. The van der Waals surface area contributed by atoms with Crippen LogP contribution in [-0.4, -0.2) is 18.1 Å². The van der Waals surface area contributed by atoms with Crippen molar-refractivity contribution >= 4 is 11.6 Å². The molecule has 1 aliphatic carbocycles. The van der Waals surface area contributed by atoms with E-state index in [0.717, 1.165) is 24.3 Å². The van der Waals surface area contributed by atoms with Gasteiger partial charge in [-0.05, 0) is 37.8 Å². The molecule has 1 unspecified atom stereocenters. The highest BCUT2D eigenvalue weighted by Gasteiger charge is 2.26. The molecule has 1 aromatic rings. The van der Waals surface area contributed by atoms with Crippen LogP contribution in [0.15, 0.2) is 24.3 Å². The summed E-state index contributed by atoms with van der Waals surface area (Å²) in [6.07, 6.45) is 3.19. The van der Waals surface area contributed by atoms with Crippen molar-refractivity contribution in [1.29, 1.82) is 0 Å². The zero-order chi connectivity index (χ0) is 11.5. The number of hydrogen-bond acceptors (Lipinski definition) is 2. The first-order chi connectivity index (χ1) is 7.65. The monoisotopic (exact) mass is 238 g/mol. The van der Waals surface area contributed by atoms with E-state index in [0.29, 0.717) is 18.1 Å². The fourth-order valence-electron chi connectivity index (χ4n) is 2.25. The van der Waals surface area contributed by atoms with E-state index in [2.05, 4.69) is 18.3 Å². The molecular weight excluding hydrogens is 220 g/mol. The average molecular weight is 239 g/mol. The van der Waals surface area contributed by atoms with E-state index < -0.39 is 0 Å². The summed E-state index contributed by atoms with van der Waals surface area (Å²) in [5, 5.41) is 4.45. The largest absolute Gasteiger partial charge is 0.328 e. The molecule has 1 aromatic carbocycles. The molecule has 16 heavy (non-hydrogen) atoms. The molecule has 0 amide bonds. The zero-order valence-electron chi connectivity index (χ0n) is 9.62. The smallest absolute Gasteiger partial charge is 0.0438 e. The van der Waals surface area contributed by atoms with Gasteiger partial charge in [0.1, 0.15) is 0 Å². The molecule has 0 aliphatic heterocycles.